The Labute approximate surface area is 257 Å². The summed E-state index contributed by atoms with van der Waals surface area (Å²) in [5.74, 6) is 0.187. The topological polar surface area (TPSA) is 143 Å². The van der Waals surface area contributed by atoms with Gasteiger partial charge in [0.1, 0.15) is 27.2 Å². The summed E-state index contributed by atoms with van der Waals surface area (Å²) in [6.07, 6.45) is 3.12. The maximum Gasteiger partial charge on any atom is 0.333 e. The molecule has 1 unspecified atom stereocenters. The van der Waals surface area contributed by atoms with Crippen molar-refractivity contribution in [2.45, 2.75) is 64.0 Å². The van der Waals surface area contributed by atoms with E-state index in [-0.39, 0.29) is 25.7 Å². The summed E-state index contributed by atoms with van der Waals surface area (Å²) >= 11 is 1.23. The fourth-order valence-corrected chi connectivity index (χ4v) is 7.18. The molecule has 2 aliphatic heterocycles. The Hall–Kier alpha value is -3.85. The van der Waals surface area contributed by atoms with Crippen molar-refractivity contribution in [1.29, 1.82) is 0 Å². The molecule has 14 heteroatoms. The molecule has 0 aliphatic carbocycles. The maximum atomic E-state index is 14.5. The molecule has 2 fully saturated rings. The Morgan fingerprint density at radius 3 is 2.50 bits per heavy atom. The van der Waals surface area contributed by atoms with Gasteiger partial charge in [-0.25, -0.2) is 9.36 Å². The van der Waals surface area contributed by atoms with Crippen LogP contribution in [-0.2, 0) is 26.4 Å². The first-order valence-electron chi connectivity index (χ1n) is 14.6. The number of methoxy groups -OCH3 is 1. The average Bonchev–Trinajstić information content (AvgIpc) is 3.65. The van der Waals surface area contributed by atoms with Crippen LogP contribution in [0.1, 0.15) is 43.9 Å². The average molecular weight is 625 g/mol. The van der Waals surface area contributed by atoms with Crippen LogP contribution in [-0.4, -0.2) is 85.7 Å². The lowest BCUT2D eigenvalue weighted by Crippen LogP contribution is -2.62. The molecule has 2 saturated heterocycles. The lowest BCUT2D eigenvalue weighted by Gasteiger charge is -2.41. The molecule has 6 rings (SSSR count). The van der Waals surface area contributed by atoms with Crippen molar-refractivity contribution in [1.82, 2.24) is 29.0 Å². The lowest BCUT2D eigenvalue weighted by molar-refractivity contribution is -0.149. The molecular weight excluding hydrogens is 588 g/mol. The number of aliphatic hydroxyl groups excluding tert-OH is 1. The Morgan fingerprint density at radius 1 is 1.16 bits per heavy atom. The van der Waals surface area contributed by atoms with Crippen LogP contribution in [0.15, 0.2) is 46.2 Å². The van der Waals surface area contributed by atoms with Crippen molar-refractivity contribution >= 4 is 27.5 Å². The largest absolute Gasteiger partial charge is 0.496 e. The van der Waals surface area contributed by atoms with E-state index in [0.29, 0.717) is 52.6 Å². The third kappa shape index (κ3) is 5.25. The SMILES string of the molecule is COc1ccccc1C(Cn1c(=O)n(C(C)(C)C(=O)N2CC(O)C2)c(=O)c2c(C)c(-n3nccn3)sc21)OC1CCOCC1. The van der Waals surface area contributed by atoms with Crippen LogP contribution in [0.2, 0.25) is 0 Å². The van der Waals surface area contributed by atoms with Gasteiger partial charge in [0.25, 0.3) is 5.56 Å². The zero-order chi connectivity index (χ0) is 31.2. The van der Waals surface area contributed by atoms with Crippen LogP contribution in [0, 0.1) is 6.92 Å². The third-order valence-electron chi connectivity index (χ3n) is 8.38. The van der Waals surface area contributed by atoms with Crippen molar-refractivity contribution in [2.24, 2.45) is 0 Å². The van der Waals surface area contributed by atoms with E-state index in [1.165, 1.54) is 38.0 Å². The fraction of sp³-hybridized carbons (Fsp3) is 0.500. The molecule has 44 heavy (non-hydrogen) atoms. The second-order valence-corrected chi connectivity index (χ2v) is 12.6. The summed E-state index contributed by atoms with van der Waals surface area (Å²) in [6.45, 7) is 6.40. The van der Waals surface area contributed by atoms with E-state index in [9.17, 15) is 19.5 Å². The van der Waals surface area contributed by atoms with E-state index in [0.717, 1.165) is 10.1 Å². The summed E-state index contributed by atoms with van der Waals surface area (Å²) in [4.78, 5) is 45.7. The number of carbonyl (C=O) groups is 1. The van der Waals surface area contributed by atoms with Crippen molar-refractivity contribution in [3.05, 3.63) is 68.6 Å². The van der Waals surface area contributed by atoms with Crippen LogP contribution in [0.25, 0.3) is 15.2 Å². The number of aliphatic hydroxyl groups is 1. The highest BCUT2D eigenvalue weighted by atomic mass is 32.1. The monoisotopic (exact) mass is 624 g/mol. The number of hydrogen-bond acceptors (Lipinski definition) is 10. The number of fused-ring (bicyclic) bond motifs is 1. The number of para-hydroxylation sites is 1. The highest BCUT2D eigenvalue weighted by molar-refractivity contribution is 7.21. The zero-order valence-electron chi connectivity index (χ0n) is 25.1. The van der Waals surface area contributed by atoms with Gasteiger partial charge in [-0.1, -0.05) is 29.5 Å². The van der Waals surface area contributed by atoms with E-state index >= 15 is 0 Å². The fourth-order valence-electron chi connectivity index (χ4n) is 5.96. The molecule has 0 saturated carbocycles. The molecule has 1 amide bonds. The van der Waals surface area contributed by atoms with E-state index in [2.05, 4.69) is 10.2 Å². The predicted octanol–water partition coefficient (Wildman–Crippen LogP) is 2.00. The number of ether oxygens (including phenoxy) is 3. The number of amides is 1. The third-order valence-corrected chi connectivity index (χ3v) is 9.66. The second kappa shape index (κ2) is 11.9. The lowest BCUT2D eigenvalue weighted by atomic mass is 9.99. The van der Waals surface area contributed by atoms with Crippen LogP contribution in [0.5, 0.6) is 5.75 Å². The molecular formula is C30H36N6O7S. The number of benzene rings is 1. The molecule has 2 aliphatic rings. The molecule has 0 bridgehead atoms. The molecule has 4 aromatic rings. The van der Waals surface area contributed by atoms with E-state index in [1.54, 1.807) is 27.9 Å². The van der Waals surface area contributed by atoms with Gasteiger partial charge in [-0.05, 0) is 39.7 Å². The number of rotatable bonds is 9. The first kappa shape index (κ1) is 30.2. The van der Waals surface area contributed by atoms with Gasteiger partial charge in [0.05, 0.1) is 43.6 Å². The van der Waals surface area contributed by atoms with Gasteiger partial charge in [-0.2, -0.15) is 10.2 Å². The molecule has 5 heterocycles. The van der Waals surface area contributed by atoms with Crippen LogP contribution in [0.3, 0.4) is 0 Å². The molecule has 13 nitrogen and oxygen atoms in total. The first-order valence-corrected chi connectivity index (χ1v) is 15.4. The molecule has 0 spiro atoms. The van der Waals surface area contributed by atoms with Crippen molar-refractivity contribution < 1.29 is 24.1 Å². The Morgan fingerprint density at radius 2 is 1.84 bits per heavy atom. The summed E-state index contributed by atoms with van der Waals surface area (Å²) in [5.41, 5.74) is -1.41. The summed E-state index contributed by atoms with van der Waals surface area (Å²) in [7, 11) is 1.59. The molecule has 1 atom stereocenters. The number of thiophene rings is 1. The maximum absolute atomic E-state index is 14.5. The molecule has 1 aromatic carbocycles. The van der Waals surface area contributed by atoms with Gasteiger partial charge in [-0.15, -0.1) is 4.80 Å². The number of carbonyl (C=O) groups excluding carboxylic acids is 1. The predicted molar refractivity (Wildman–Crippen MR) is 163 cm³/mol. The van der Waals surface area contributed by atoms with Gasteiger partial charge < -0.3 is 24.2 Å². The molecule has 3 aromatic heterocycles. The highest BCUT2D eigenvalue weighted by Crippen LogP contribution is 2.35. The number of nitrogens with zero attached hydrogens (tertiary/aromatic N) is 6. The van der Waals surface area contributed by atoms with Crippen molar-refractivity contribution in [3.8, 4) is 10.8 Å². The van der Waals surface area contributed by atoms with E-state index in [1.807, 2.05) is 24.3 Å². The first-order chi connectivity index (χ1) is 21.1. The summed E-state index contributed by atoms with van der Waals surface area (Å²) < 4.78 is 20.5. The molecule has 234 valence electrons. The van der Waals surface area contributed by atoms with E-state index in [4.69, 9.17) is 14.2 Å². The van der Waals surface area contributed by atoms with Gasteiger partial charge >= 0.3 is 5.69 Å². The van der Waals surface area contributed by atoms with Crippen molar-refractivity contribution in [2.75, 3.05) is 33.4 Å². The standard InChI is InChI=1S/C30H36N6O7S/c1-18-24-25(38)35(30(2,3)28(39)33-15-19(37)16-33)29(40)34(27(24)44-26(18)36-31-11-12-32-36)17-23(43-20-9-13-42-14-10-20)21-7-5-6-8-22(21)41-4/h5-8,11-12,19-20,23,37H,9-10,13-17H2,1-4H3. The van der Waals surface area contributed by atoms with E-state index < -0.39 is 34.9 Å². The van der Waals surface area contributed by atoms with Crippen molar-refractivity contribution in [3.63, 3.8) is 0 Å². The zero-order valence-corrected chi connectivity index (χ0v) is 26.0. The Balaban J connectivity index is 1.56. The van der Waals surface area contributed by atoms with Gasteiger partial charge in [-0.3, -0.25) is 14.2 Å². The van der Waals surface area contributed by atoms with Gasteiger partial charge in [0, 0.05) is 37.4 Å². The quantitative estimate of drug-likeness (QED) is 0.296. The van der Waals surface area contributed by atoms with Crippen LogP contribution >= 0.6 is 11.3 Å². The normalized spacial score (nSPS) is 17.2. The number of β-amino-alcohol motifs (C(OH)–C–C–N with tert-alkyl or cyclic N) is 1. The van der Waals surface area contributed by atoms with Gasteiger partial charge in [0.15, 0.2) is 0 Å². The number of hydrogen-bond donors (Lipinski definition) is 1. The van der Waals surface area contributed by atoms with Crippen LogP contribution < -0.4 is 16.0 Å². The minimum atomic E-state index is -1.54. The number of likely N-dealkylation sites (tertiary alicyclic amines) is 1. The Bertz CT molecular complexity index is 1780. The van der Waals surface area contributed by atoms with Crippen LogP contribution in [0.4, 0.5) is 0 Å². The molecule has 0 radical (unpaired) electrons. The minimum absolute atomic E-state index is 0.0476. The minimum Gasteiger partial charge on any atom is -0.496 e. The Kier molecular flexibility index (Phi) is 8.18. The second-order valence-electron chi connectivity index (χ2n) is 11.7. The number of aryl methyl sites for hydroxylation is 1. The summed E-state index contributed by atoms with van der Waals surface area (Å²) in [6, 6.07) is 7.50. The van der Waals surface area contributed by atoms with Gasteiger partial charge in [0.2, 0.25) is 5.91 Å². The highest BCUT2D eigenvalue weighted by Gasteiger charge is 2.42. The summed E-state index contributed by atoms with van der Waals surface area (Å²) in [5, 5.41) is 19.3. The smallest absolute Gasteiger partial charge is 0.333 e. The number of aromatic nitrogens is 5. The molecule has 1 N–H and O–H groups in total.